The average molecular weight is 376 g/mol. The fourth-order valence-corrected chi connectivity index (χ4v) is 2.77. The molecule has 2 heterocycles. The molecular formula is C17H23F3N2O2S. The number of ether oxygens (including phenoxy) is 1. The number of hydrogen-bond donors (Lipinski definition) is 0. The van der Waals surface area contributed by atoms with Gasteiger partial charge in [-0.1, -0.05) is 13.8 Å². The normalized spacial score (nSPS) is 11.2. The lowest BCUT2D eigenvalue weighted by Crippen LogP contribution is -2.11. The molecule has 0 aromatic carbocycles. The number of carbonyl (C=O) groups excluding carboxylic acids is 1. The van der Waals surface area contributed by atoms with Crippen molar-refractivity contribution in [2.24, 2.45) is 7.05 Å². The Labute approximate surface area is 149 Å². The van der Waals surface area contributed by atoms with Gasteiger partial charge in [0.05, 0.1) is 9.75 Å². The van der Waals surface area contributed by atoms with Crippen molar-refractivity contribution in [3.05, 3.63) is 28.8 Å². The van der Waals surface area contributed by atoms with Crippen LogP contribution >= 0.6 is 11.3 Å². The maximum atomic E-state index is 12.6. The third kappa shape index (κ3) is 6.62. The molecule has 2 aromatic rings. The molecule has 0 bridgehead atoms. The van der Waals surface area contributed by atoms with Crippen molar-refractivity contribution in [2.75, 3.05) is 13.2 Å². The minimum Gasteiger partial charge on any atom is -0.381 e. The Bertz CT molecular complexity index is 674. The van der Waals surface area contributed by atoms with Crippen molar-refractivity contribution in [3.8, 4) is 10.6 Å². The first-order valence-electron chi connectivity index (χ1n) is 8.00. The van der Waals surface area contributed by atoms with Gasteiger partial charge in [0.2, 0.25) is 0 Å². The number of halogens is 3. The SMILES string of the molecule is CC(=O)c1ccc(-c2cc(C(F)(F)F)n(C)n2)s1.CCCOCCC. The lowest BCUT2D eigenvalue weighted by Gasteiger charge is -2.04. The number of rotatable bonds is 6. The minimum absolute atomic E-state index is 0.113. The maximum Gasteiger partial charge on any atom is 0.433 e. The molecule has 0 saturated heterocycles. The zero-order valence-electron chi connectivity index (χ0n) is 14.8. The van der Waals surface area contributed by atoms with Gasteiger partial charge in [0.1, 0.15) is 11.4 Å². The molecule has 0 aliphatic rings. The quantitative estimate of drug-likeness (QED) is 0.515. The van der Waals surface area contributed by atoms with Gasteiger partial charge in [-0.25, -0.2) is 0 Å². The molecule has 0 aliphatic carbocycles. The van der Waals surface area contributed by atoms with E-state index in [1.54, 1.807) is 12.1 Å². The second-order valence-corrected chi connectivity index (χ2v) is 6.45. The number of aryl methyl sites for hydroxylation is 1. The number of aromatic nitrogens is 2. The van der Waals surface area contributed by atoms with Crippen molar-refractivity contribution < 1.29 is 22.7 Å². The van der Waals surface area contributed by atoms with Crippen LogP contribution in [0.4, 0.5) is 13.2 Å². The summed E-state index contributed by atoms with van der Waals surface area (Å²) in [6.07, 6.45) is -2.15. The number of ketones is 1. The molecule has 0 amide bonds. The van der Waals surface area contributed by atoms with Crippen LogP contribution in [0.25, 0.3) is 10.6 Å². The molecule has 0 radical (unpaired) electrons. The summed E-state index contributed by atoms with van der Waals surface area (Å²) in [5.41, 5.74) is -0.586. The highest BCUT2D eigenvalue weighted by Crippen LogP contribution is 2.34. The van der Waals surface area contributed by atoms with Gasteiger partial charge < -0.3 is 4.74 Å². The van der Waals surface area contributed by atoms with E-state index in [2.05, 4.69) is 18.9 Å². The van der Waals surface area contributed by atoms with Crippen LogP contribution in [0.3, 0.4) is 0 Å². The second-order valence-electron chi connectivity index (χ2n) is 5.37. The largest absolute Gasteiger partial charge is 0.433 e. The lowest BCUT2D eigenvalue weighted by molar-refractivity contribution is -0.143. The zero-order valence-corrected chi connectivity index (χ0v) is 15.6. The predicted octanol–water partition coefficient (Wildman–Crippen LogP) is 5.19. The third-order valence-electron chi connectivity index (χ3n) is 3.07. The topological polar surface area (TPSA) is 44.1 Å². The highest BCUT2D eigenvalue weighted by molar-refractivity contribution is 7.17. The van der Waals surface area contributed by atoms with Gasteiger partial charge in [0.15, 0.2) is 5.78 Å². The van der Waals surface area contributed by atoms with Gasteiger partial charge in [-0.15, -0.1) is 11.3 Å². The van der Waals surface area contributed by atoms with E-state index in [0.29, 0.717) is 9.75 Å². The van der Waals surface area contributed by atoms with Crippen LogP contribution in [0.15, 0.2) is 18.2 Å². The molecule has 2 rings (SSSR count). The van der Waals surface area contributed by atoms with E-state index in [1.807, 2.05) is 0 Å². The van der Waals surface area contributed by atoms with E-state index in [9.17, 15) is 18.0 Å². The molecule has 2 aromatic heterocycles. The van der Waals surface area contributed by atoms with Crippen LogP contribution in [0.5, 0.6) is 0 Å². The highest BCUT2D eigenvalue weighted by atomic mass is 32.1. The van der Waals surface area contributed by atoms with Gasteiger partial charge in [-0.3, -0.25) is 9.48 Å². The van der Waals surface area contributed by atoms with Crippen molar-refractivity contribution in [3.63, 3.8) is 0 Å². The predicted molar refractivity (Wildman–Crippen MR) is 92.9 cm³/mol. The Kier molecular flexibility index (Phi) is 8.31. The van der Waals surface area contributed by atoms with Gasteiger partial charge in [0, 0.05) is 20.3 Å². The lowest BCUT2D eigenvalue weighted by atomic mass is 10.3. The number of nitrogens with zero attached hydrogens (tertiary/aromatic N) is 2. The summed E-state index contributed by atoms with van der Waals surface area (Å²) in [6, 6.07) is 4.17. The Morgan fingerprint density at radius 2 is 1.84 bits per heavy atom. The molecule has 0 fully saturated rings. The van der Waals surface area contributed by atoms with E-state index in [0.717, 1.165) is 48.1 Å². The zero-order chi connectivity index (χ0) is 19.0. The molecule has 0 N–H and O–H groups in total. The molecule has 0 unspecified atom stereocenters. The van der Waals surface area contributed by atoms with Crippen molar-refractivity contribution in [2.45, 2.75) is 39.8 Å². The van der Waals surface area contributed by atoms with Crippen molar-refractivity contribution >= 4 is 17.1 Å². The van der Waals surface area contributed by atoms with Crippen molar-refractivity contribution in [1.82, 2.24) is 9.78 Å². The molecule has 140 valence electrons. The van der Waals surface area contributed by atoms with Gasteiger partial charge in [-0.05, 0) is 38.0 Å². The van der Waals surface area contributed by atoms with E-state index in [1.165, 1.54) is 14.0 Å². The first-order valence-corrected chi connectivity index (χ1v) is 8.82. The summed E-state index contributed by atoms with van der Waals surface area (Å²) in [5.74, 6) is -0.113. The first kappa shape index (κ1) is 21.4. The van der Waals surface area contributed by atoms with Gasteiger partial charge in [0.25, 0.3) is 0 Å². The second kappa shape index (κ2) is 9.72. The Morgan fingerprint density at radius 1 is 1.24 bits per heavy atom. The van der Waals surface area contributed by atoms with E-state index in [4.69, 9.17) is 4.74 Å². The number of carbonyl (C=O) groups is 1. The first-order chi connectivity index (χ1) is 11.7. The molecule has 8 heteroatoms. The summed E-state index contributed by atoms with van der Waals surface area (Å²) in [6.45, 7) is 7.50. The molecule has 4 nitrogen and oxygen atoms in total. The molecule has 0 saturated carbocycles. The monoisotopic (exact) mass is 376 g/mol. The van der Waals surface area contributed by atoms with Crippen LogP contribution < -0.4 is 0 Å². The van der Waals surface area contributed by atoms with Crippen LogP contribution in [0.2, 0.25) is 0 Å². The van der Waals surface area contributed by atoms with Crippen LogP contribution in [-0.2, 0) is 18.0 Å². The van der Waals surface area contributed by atoms with Crippen LogP contribution in [-0.4, -0.2) is 28.8 Å². The third-order valence-corrected chi connectivity index (χ3v) is 4.28. The van der Waals surface area contributed by atoms with Crippen LogP contribution in [0, 0.1) is 0 Å². The average Bonchev–Trinajstić information content (AvgIpc) is 3.14. The number of Topliss-reactive ketones (excluding diaryl/α,β-unsaturated/α-hetero) is 1. The fourth-order valence-electron chi connectivity index (χ4n) is 1.91. The maximum absolute atomic E-state index is 12.6. The highest BCUT2D eigenvalue weighted by Gasteiger charge is 2.35. The Morgan fingerprint density at radius 3 is 2.24 bits per heavy atom. The van der Waals surface area contributed by atoms with Crippen molar-refractivity contribution in [1.29, 1.82) is 0 Å². The van der Waals surface area contributed by atoms with E-state index < -0.39 is 11.9 Å². The molecule has 0 spiro atoms. The van der Waals surface area contributed by atoms with E-state index in [-0.39, 0.29) is 11.5 Å². The molecule has 25 heavy (non-hydrogen) atoms. The summed E-state index contributed by atoms with van der Waals surface area (Å²) < 4.78 is 43.7. The summed E-state index contributed by atoms with van der Waals surface area (Å²) >= 11 is 1.13. The fraction of sp³-hybridized carbons (Fsp3) is 0.529. The summed E-state index contributed by atoms with van der Waals surface area (Å²) in [5, 5.41) is 3.82. The van der Waals surface area contributed by atoms with Crippen LogP contribution in [0.1, 0.15) is 49.0 Å². The smallest absolute Gasteiger partial charge is 0.381 e. The van der Waals surface area contributed by atoms with Gasteiger partial charge in [-0.2, -0.15) is 18.3 Å². The minimum atomic E-state index is -4.43. The molecule has 0 atom stereocenters. The summed E-state index contributed by atoms with van der Waals surface area (Å²) in [7, 11) is 1.24. The molecule has 0 aliphatic heterocycles. The number of hydrogen-bond acceptors (Lipinski definition) is 4. The number of alkyl halides is 3. The Balaban J connectivity index is 0.000000381. The molecular weight excluding hydrogens is 353 g/mol. The van der Waals surface area contributed by atoms with E-state index >= 15 is 0 Å². The number of thiophene rings is 1. The standard InChI is InChI=1S/C11H9F3N2OS.C6H14O/c1-6(17)8-3-4-9(18-8)7-5-10(11(12,13)14)16(2)15-7;1-3-5-7-6-4-2/h3-5H,1-2H3;3-6H2,1-2H3. The summed E-state index contributed by atoms with van der Waals surface area (Å²) in [4.78, 5) is 12.2. The Hall–Kier alpha value is -1.67. The van der Waals surface area contributed by atoms with Gasteiger partial charge >= 0.3 is 6.18 Å².